The van der Waals surface area contributed by atoms with E-state index >= 15 is 0 Å². The van der Waals surface area contributed by atoms with Crippen LogP contribution in [0.3, 0.4) is 0 Å². The van der Waals surface area contributed by atoms with Crippen molar-refractivity contribution in [3.05, 3.63) is 42.1 Å². The molecule has 2 N–H and O–H groups in total. The molecule has 4 heteroatoms. The maximum Gasteiger partial charge on any atom is 0.320 e. The van der Waals surface area contributed by atoms with Crippen molar-refractivity contribution in [1.29, 1.82) is 0 Å². The summed E-state index contributed by atoms with van der Waals surface area (Å²) in [7, 11) is 0. The molecule has 0 bridgehead atoms. The van der Waals surface area contributed by atoms with Gasteiger partial charge in [0.15, 0.2) is 0 Å². The van der Waals surface area contributed by atoms with Crippen LogP contribution in [0, 0.1) is 5.41 Å². The molecular formula is C18H24N2O2. The van der Waals surface area contributed by atoms with Crippen LogP contribution in [-0.4, -0.2) is 22.1 Å². The molecule has 1 heterocycles. The normalized spacial score (nSPS) is 13.2. The fourth-order valence-electron chi connectivity index (χ4n) is 2.44. The average molecular weight is 300 g/mol. The van der Waals surface area contributed by atoms with Crippen LogP contribution in [0.2, 0.25) is 0 Å². The number of fused-ring (bicyclic) bond motifs is 1. The van der Waals surface area contributed by atoms with Crippen LogP contribution in [0.25, 0.3) is 10.9 Å². The quantitative estimate of drug-likeness (QED) is 0.855. The molecule has 1 aromatic heterocycles. The van der Waals surface area contributed by atoms with E-state index in [4.69, 9.17) is 0 Å². The van der Waals surface area contributed by atoms with E-state index in [1.165, 1.54) is 0 Å². The second kappa shape index (κ2) is 6.88. The van der Waals surface area contributed by atoms with Crippen LogP contribution in [0.5, 0.6) is 0 Å². The SMILES string of the molecule is CC(C)(C)CCC(NCc1cccc2ncccc12)C(=O)O. The highest BCUT2D eigenvalue weighted by atomic mass is 16.4. The molecule has 2 aromatic rings. The smallest absolute Gasteiger partial charge is 0.320 e. The molecule has 0 radical (unpaired) electrons. The van der Waals surface area contributed by atoms with Gasteiger partial charge in [0.1, 0.15) is 6.04 Å². The lowest BCUT2D eigenvalue weighted by atomic mass is 9.88. The molecule has 1 aromatic carbocycles. The Labute approximate surface area is 131 Å². The fourth-order valence-corrected chi connectivity index (χ4v) is 2.44. The lowest BCUT2D eigenvalue weighted by Gasteiger charge is -2.22. The van der Waals surface area contributed by atoms with Crippen molar-refractivity contribution in [2.45, 2.75) is 46.2 Å². The third-order valence-electron chi connectivity index (χ3n) is 3.76. The lowest BCUT2D eigenvalue weighted by Crippen LogP contribution is -2.37. The Morgan fingerprint density at radius 3 is 2.73 bits per heavy atom. The van der Waals surface area contributed by atoms with Gasteiger partial charge in [-0.1, -0.05) is 39.0 Å². The number of pyridine rings is 1. The van der Waals surface area contributed by atoms with Crippen molar-refractivity contribution in [1.82, 2.24) is 10.3 Å². The number of carbonyl (C=O) groups is 1. The van der Waals surface area contributed by atoms with E-state index in [2.05, 4.69) is 31.1 Å². The van der Waals surface area contributed by atoms with E-state index in [9.17, 15) is 9.90 Å². The van der Waals surface area contributed by atoms with Crippen LogP contribution in [-0.2, 0) is 11.3 Å². The minimum Gasteiger partial charge on any atom is -0.480 e. The van der Waals surface area contributed by atoms with E-state index in [-0.39, 0.29) is 5.41 Å². The number of rotatable bonds is 6. The molecule has 4 nitrogen and oxygen atoms in total. The Morgan fingerprint density at radius 2 is 2.05 bits per heavy atom. The number of aliphatic carboxylic acids is 1. The summed E-state index contributed by atoms with van der Waals surface area (Å²) in [4.78, 5) is 15.8. The zero-order valence-corrected chi connectivity index (χ0v) is 13.5. The first-order valence-corrected chi connectivity index (χ1v) is 7.66. The van der Waals surface area contributed by atoms with E-state index in [1.807, 2.05) is 30.3 Å². The van der Waals surface area contributed by atoms with E-state index in [1.54, 1.807) is 6.20 Å². The number of benzene rings is 1. The average Bonchev–Trinajstić information content (AvgIpc) is 2.45. The fraction of sp³-hybridized carbons (Fsp3) is 0.444. The summed E-state index contributed by atoms with van der Waals surface area (Å²) < 4.78 is 0. The van der Waals surface area contributed by atoms with Crippen LogP contribution in [0.15, 0.2) is 36.5 Å². The van der Waals surface area contributed by atoms with Crippen LogP contribution in [0.1, 0.15) is 39.2 Å². The maximum atomic E-state index is 11.4. The largest absolute Gasteiger partial charge is 0.480 e. The van der Waals surface area contributed by atoms with Gasteiger partial charge in [0, 0.05) is 18.1 Å². The molecule has 0 aliphatic rings. The van der Waals surface area contributed by atoms with Crippen molar-refractivity contribution < 1.29 is 9.90 Å². The summed E-state index contributed by atoms with van der Waals surface area (Å²) in [5.41, 5.74) is 2.15. The van der Waals surface area contributed by atoms with Crippen LogP contribution < -0.4 is 5.32 Å². The number of aromatic nitrogens is 1. The van der Waals surface area contributed by atoms with Gasteiger partial charge >= 0.3 is 5.97 Å². The van der Waals surface area contributed by atoms with Crippen molar-refractivity contribution in [2.75, 3.05) is 0 Å². The zero-order chi connectivity index (χ0) is 16.2. The monoisotopic (exact) mass is 300 g/mol. The van der Waals surface area contributed by atoms with Crippen LogP contribution >= 0.6 is 0 Å². The lowest BCUT2D eigenvalue weighted by molar-refractivity contribution is -0.139. The molecule has 1 atom stereocenters. The number of nitrogens with zero attached hydrogens (tertiary/aromatic N) is 1. The Balaban J connectivity index is 2.06. The predicted molar refractivity (Wildman–Crippen MR) is 88.7 cm³/mol. The molecule has 1 unspecified atom stereocenters. The summed E-state index contributed by atoms with van der Waals surface area (Å²) >= 11 is 0. The van der Waals surface area contributed by atoms with Gasteiger partial charge in [-0.15, -0.1) is 0 Å². The summed E-state index contributed by atoms with van der Waals surface area (Å²) in [6.07, 6.45) is 3.26. The van der Waals surface area contributed by atoms with E-state index in [0.29, 0.717) is 13.0 Å². The molecule has 0 saturated heterocycles. The minimum atomic E-state index is -0.789. The Hall–Kier alpha value is -1.94. The van der Waals surface area contributed by atoms with Crippen molar-refractivity contribution >= 4 is 16.9 Å². The first-order chi connectivity index (χ1) is 10.4. The number of hydrogen-bond acceptors (Lipinski definition) is 3. The summed E-state index contributed by atoms with van der Waals surface area (Å²) in [6.45, 7) is 6.91. The number of nitrogens with one attached hydrogen (secondary N) is 1. The third-order valence-corrected chi connectivity index (χ3v) is 3.76. The first-order valence-electron chi connectivity index (χ1n) is 7.66. The second-order valence-corrected chi connectivity index (χ2v) is 6.86. The van der Waals surface area contributed by atoms with Gasteiger partial charge < -0.3 is 10.4 Å². The van der Waals surface area contributed by atoms with E-state index < -0.39 is 12.0 Å². The highest BCUT2D eigenvalue weighted by Gasteiger charge is 2.20. The van der Waals surface area contributed by atoms with Gasteiger partial charge in [0.25, 0.3) is 0 Å². The molecule has 2 rings (SSSR count). The zero-order valence-electron chi connectivity index (χ0n) is 13.5. The summed E-state index contributed by atoms with van der Waals surface area (Å²) in [6, 6.07) is 9.33. The number of carboxylic acid groups (broad SMARTS) is 1. The first kappa shape index (κ1) is 16.4. The van der Waals surface area contributed by atoms with Gasteiger partial charge in [-0.3, -0.25) is 9.78 Å². The van der Waals surface area contributed by atoms with Crippen molar-refractivity contribution in [3.63, 3.8) is 0 Å². The minimum absolute atomic E-state index is 0.138. The third kappa shape index (κ3) is 4.53. The number of carboxylic acids is 1. The van der Waals surface area contributed by atoms with E-state index in [0.717, 1.165) is 22.9 Å². The van der Waals surface area contributed by atoms with Gasteiger partial charge in [-0.05, 0) is 36.0 Å². The maximum absolute atomic E-state index is 11.4. The molecule has 0 saturated carbocycles. The highest BCUT2D eigenvalue weighted by Crippen LogP contribution is 2.22. The van der Waals surface area contributed by atoms with Gasteiger partial charge in [0.05, 0.1) is 5.52 Å². The van der Waals surface area contributed by atoms with Crippen molar-refractivity contribution in [3.8, 4) is 0 Å². The van der Waals surface area contributed by atoms with Crippen molar-refractivity contribution in [2.24, 2.45) is 5.41 Å². The number of hydrogen-bond donors (Lipinski definition) is 2. The Kier molecular flexibility index (Phi) is 5.14. The second-order valence-electron chi connectivity index (χ2n) is 6.86. The molecule has 0 fully saturated rings. The molecule has 0 aliphatic carbocycles. The topological polar surface area (TPSA) is 62.2 Å². The summed E-state index contributed by atoms with van der Waals surface area (Å²) in [5.74, 6) is -0.789. The van der Waals surface area contributed by atoms with Crippen LogP contribution in [0.4, 0.5) is 0 Å². The molecule has 0 spiro atoms. The Bertz CT molecular complexity index is 642. The Morgan fingerprint density at radius 1 is 1.27 bits per heavy atom. The molecule has 0 aliphatic heterocycles. The van der Waals surface area contributed by atoms with Gasteiger partial charge in [-0.25, -0.2) is 0 Å². The molecular weight excluding hydrogens is 276 g/mol. The standard InChI is InChI=1S/C18H24N2O2/c1-18(2,3)10-9-16(17(21)22)20-12-13-6-4-8-15-14(13)7-5-11-19-15/h4-8,11,16,20H,9-10,12H2,1-3H3,(H,21,22). The summed E-state index contributed by atoms with van der Waals surface area (Å²) in [5, 5.41) is 13.6. The predicted octanol–water partition coefficient (Wildman–Crippen LogP) is 3.60. The highest BCUT2D eigenvalue weighted by molar-refractivity contribution is 5.82. The molecule has 22 heavy (non-hydrogen) atoms. The molecule has 0 amide bonds. The van der Waals surface area contributed by atoms with Gasteiger partial charge in [-0.2, -0.15) is 0 Å². The molecule has 118 valence electrons. The van der Waals surface area contributed by atoms with Gasteiger partial charge in [0.2, 0.25) is 0 Å².